The molecular weight excluding hydrogens is 420 g/mol. The number of urea groups is 1. The second kappa shape index (κ2) is 8.58. The van der Waals surface area contributed by atoms with E-state index in [0.717, 1.165) is 29.6 Å². The number of hydrazine groups is 1. The van der Waals surface area contributed by atoms with E-state index in [2.05, 4.69) is 34.4 Å². The van der Waals surface area contributed by atoms with Crippen molar-refractivity contribution in [1.29, 1.82) is 0 Å². The second-order valence-electron chi connectivity index (χ2n) is 7.84. The van der Waals surface area contributed by atoms with Crippen LogP contribution >= 0.6 is 11.8 Å². The number of thioether (sulfide) groups is 1. The molecule has 2 aromatic heterocycles. The first kappa shape index (κ1) is 21.2. The smallest absolute Gasteiger partial charge is 0.344 e. The fraction of sp³-hybridized carbons (Fsp3) is 0.450. The van der Waals surface area contributed by atoms with E-state index >= 15 is 0 Å². The summed E-state index contributed by atoms with van der Waals surface area (Å²) in [5.74, 6) is 0.677. The molecule has 3 heterocycles. The number of carbonyl (C=O) groups is 3. The fourth-order valence-electron chi connectivity index (χ4n) is 3.88. The Labute approximate surface area is 183 Å². The quantitative estimate of drug-likeness (QED) is 0.382. The lowest BCUT2D eigenvalue weighted by atomic mass is 9.77. The van der Waals surface area contributed by atoms with E-state index in [1.807, 2.05) is 0 Å². The van der Waals surface area contributed by atoms with E-state index in [-0.39, 0.29) is 5.75 Å². The Morgan fingerprint density at radius 1 is 1.42 bits per heavy atom. The average molecular weight is 445 g/mol. The van der Waals surface area contributed by atoms with Crippen molar-refractivity contribution in [2.75, 3.05) is 5.75 Å². The maximum absolute atomic E-state index is 12.9. The monoisotopic (exact) mass is 444 g/mol. The normalized spacial score (nSPS) is 23.3. The van der Waals surface area contributed by atoms with Crippen LogP contribution in [0.3, 0.4) is 0 Å². The fourth-order valence-corrected chi connectivity index (χ4v) is 4.62. The molecule has 2 aromatic rings. The molecule has 2 N–H and O–H groups in total. The van der Waals surface area contributed by atoms with Gasteiger partial charge in [-0.1, -0.05) is 24.8 Å². The Morgan fingerprint density at radius 3 is 2.87 bits per heavy atom. The third-order valence-electron chi connectivity index (χ3n) is 5.63. The minimum absolute atomic E-state index is 0.0471. The van der Waals surface area contributed by atoms with Crippen LogP contribution in [0, 0.1) is 5.92 Å². The van der Waals surface area contributed by atoms with Gasteiger partial charge in [-0.05, 0) is 43.7 Å². The lowest BCUT2D eigenvalue weighted by Gasteiger charge is -2.33. The highest BCUT2D eigenvalue weighted by Gasteiger charge is 2.52. The molecule has 0 unspecified atom stereocenters. The molecule has 2 fully saturated rings. The van der Waals surface area contributed by atoms with Crippen LogP contribution in [-0.4, -0.2) is 48.9 Å². The Balaban J connectivity index is 1.39. The largest absolute Gasteiger partial charge is 0.461 e. The van der Waals surface area contributed by atoms with E-state index in [1.54, 1.807) is 29.0 Å². The van der Waals surface area contributed by atoms with Gasteiger partial charge in [0.2, 0.25) is 11.7 Å². The Morgan fingerprint density at radius 2 is 2.19 bits per heavy atom. The third-order valence-corrected chi connectivity index (χ3v) is 6.60. The molecule has 164 valence electrons. The number of furan rings is 1. The molecule has 0 aromatic carbocycles. The van der Waals surface area contributed by atoms with Crippen LogP contribution in [-0.2, 0) is 16.1 Å². The number of carbonyl (C=O) groups excluding carboxylic acids is 3. The highest BCUT2D eigenvalue weighted by molar-refractivity contribution is 7.99. The van der Waals surface area contributed by atoms with E-state index < -0.39 is 23.4 Å². The minimum Gasteiger partial charge on any atom is -0.461 e. The Kier molecular flexibility index (Phi) is 5.86. The van der Waals surface area contributed by atoms with Gasteiger partial charge < -0.3 is 9.73 Å². The molecule has 1 saturated heterocycles. The number of rotatable bonds is 7. The van der Waals surface area contributed by atoms with Crippen molar-refractivity contribution in [3.63, 3.8) is 0 Å². The van der Waals surface area contributed by atoms with Crippen LogP contribution in [0.2, 0.25) is 0 Å². The van der Waals surface area contributed by atoms with E-state index in [0.29, 0.717) is 42.0 Å². The minimum atomic E-state index is -0.897. The maximum atomic E-state index is 12.9. The number of amides is 4. The summed E-state index contributed by atoms with van der Waals surface area (Å²) in [6.45, 7) is 6.31. The molecule has 4 amide bonds. The van der Waals surface area contributed by atoms with Gasteiger partial charge in [0, 0.05) is 6.54 Å². The summed E-state index contributed by atoms with van der Waals surface area (Å²) in [6, 6.07) is 2.93. The molecule has 1 saturated carbocycles. The number of imide groups is 1. The van der Waals surface area contributed by atoms with Crippen molar-refractivity contribution in [3.05, 3.63) is 31.1 Å². The highest BCUT2D eigenvalue weighted by Crippen LogP contribution is 2.35. The Bertz CT molecular complexity index is 993. The molecule has 31 heavy (non-hydrogen) atoms. The van der Waals surface area contributed by atoms with Crippen LogP contribution in [0.5, 0.6) is 0 Å². The topological polar surface area (TPSA) is 122 Å². The molecule has 1 spiro atoms. The zero-order valence-electron chi connectivity index (χ0n) is 17.2. The molecule has 11 heteroatoms. The number of nitrogens with zero attached hydrogens (tertiary/aromatic N) is 4. The molecule has 0 bridgehead atoms. The standard InChI is InChI=1S/C20H24N6O4S/c1-3-10-25-16(14-5-4-11-30-14)22-23-19(25)31-12-15(27)24-26-17(28)20(21-18(26)29)8-6-13(2)7-9-20/h3-5,11,13H,1,6-10,12H2,2H3,(H,21,29)(H,24,27). The van der Waals surface area contributed by atoms with Crippen molar-refractivity contribution < 1.29 is 18.8 Å². The molecule has 0 radical (unpaired) electrons. The number of hydrogen-bond acceptors (Lipinski definition) is 7. The van der Waals surface area contributed by atoms with Gasteiger partial charge >= 0.3 is 6.03 Å². The summed E-state index contributed by atoms with van der Waals surface area (Å²) < 4.78 is 7.16. The molecule has 0 atom stereocenters. The van der Waals surface area contributed by atoms with Crippen molar-refractivity contribution in [2.24, 2.45) is 5.92 Å². The van der Waals surface area contributed by atoms with Crippen molar-refractivity contribution >= 4 is 29.6 Å². The molecule has 1 aliphatic carbocycles. The maximum Gasteiger partial charge on any atom is 0.344 e. The number of aromatic nitrogens is 3. The predicted molar refractivity (Wildman–Crippen MR) is 113 cm³/mol. The summed E-state index contributed by atoms with van der Waals surface area (Å²) in [7, 11) is 0. The second-order valence-corrected chi connectivity index (χ2v) is 8.78. The van der Waals surface area contributed by atoms with Crippen LogP contribution in [0.15, 0.2) is 40.6 Å². The summed E-state index contributed by atoms with van der Waals surface area (Å²) in [4.78, 5) is 37.7. The van der Waals surface area contributed by atoms with Gasteiger partial charge in [-0.2, -0.15) is 5.01 Å². The van der Waals surface area contributed by atoms with Crippen LogP contribution in [0.25, 0.3) is 11.6 Å². The van der Waals surface area contributed by atoms with Crippen molar-refractivity contribution in [2.45, 2.75) is 49.8 Å². The Hall–Kier alpha value is -3.08. The first-order valence-electron chi connectivity index (χ1n) is 10.1. The molecule has 4 rings (SSSR count). The summed E-state index contributed by atoms with van der Waals surface area (Å²) >= 11 is 1.14. The molecular formula is C20H24N6O4S. The van der Waals surface area contributed by atoms with Gasteiger partial charge in [0.05, 0.1) is 12.0 Å². The summed E-state index contributed by atoms with van der Waals surface area (Å²) in [5, 5.41) is 12.3. The molecule has 10 nitrogen and oxygen atoms in total. The third kappa shape index (κ3) is 4.09. The lowest BCUT2D eigenvalue weighted by Crippen LogP contribution is -2.51. The van der Waals surface area contributed by atoms with Gasteiger partial charge in [0.1, 0.15) is 5.54 Å². The van der Waals surface area contributed by atoms with Gasteiger partial charge in [-0.3, -0.25) is 19.6 Å². The van der Waals surface area contributed by atoms with Gasteiger partial charge in [-0.25, -0.2) is 4.79 Å². The molecule has 2 aliphatic rings. The number of hydrogen-bond donors (Lipinski definition) is 2. The zero-order chi connectivity index (χ0) is 22.0. The lowest BCUT2D eigenvalue weighted by molar-refractivity contribution is -0.139. The van der Waals surface area contributed by atoms with E-state index in [9.17, 15) is 14.4 Å². The summed E-state index contributed by atoms with van der Waals surface area (Å²) in [6.07, 6.45) is 6.12. The number of allylic oxidation sites excluding steroid dienone is 1. The number of nitrogens with one attached hydrogen (secondary N) is 2. The van der Waals surface area contributed by atoms with E-state index in [1.165, 1.54) is 0 Å². The van der Waals surface area contributed by atoms with Gasteiger partial charge in [-0.15, -0.1) is 16.8 Å². The predicted octanol–water partition coefficient (Wildman–Crippen LogP) is 2.35. The summed E-state index contributed by atoms with van der Waals surface area (Å²) in [5.41, 5.74) is 1.54. The van der Waals surface area contributed by atoms with E-state index in [4.69, 9.17) is 4.42 Å². The van der Waals surface area contributed by atoms with Crippen molar-refractivity contribution in [3.8, 4) is 11.6 Å². The first-order chi connectivity index (χ1) is 14.9. The highest BCUT2D eigenvalue weighted by atomic mass is 32.2. The average Bonchev–Trinajstić information content (AvgIpc) is 3.46. The van der Waals surface area contributed by atoms with Gasteiger partial charge in [0.25, 0.3) is 5.91 Å². The molecule has 1 aliphatic heterocycles. The van der Waals surface area contributed by atoms with Crippen molar-refractivity contribution in [1.82, 2.24) is 30.5 Å². The van der Waals surface area contributed by atoms with Crippen LogP contribution in [0.1, 0.15) is 32.6 Å². The van der Waals surface area contributed by atoms with Crippen LogP contribution in [0.4, 0.5) is 4.79 Å². The SMILES string of the molecule is C=CCn1c(SCC(=O)NN2C(=O)NC3(CCC(C)CC3)C2=O)nnc1-c1ccco1. The zero-order valence-corrected chi connectivity index (χ0v) is 18.0. The van der Waals surface area contributed by atoms with Crippen LogP contribution < -0.4 is 10.7 Å². The first-order valence-corrected chi connectivity index (χ1v) is 11.1. The van der Waals surface area contributed by atoms with Gasteiger partial charge in [0.15, 0.2) is 10.9 Å².